The first kappa shape index (κ1) is 13.2. The fraction of sp³-hybridized carbons (Fsp3) is 0.273. The Kier molecular flexibility index (Phi) is 3.55. The Labute approximate surface area is 95.8 Å². The highest BCUT2D eigenvalue weighted by atomic mass is 19.4. The zero-order valence-corrected chi connectivity index (χ0v) is 9.21. The van der Waals surface area contributed by atoms with E-state index in [-0.39, 0.29) is 0 Å². The van der Waals surface area contributed by atoms with Crippen molar-refractivity contribution in [3.05, 3.63) is 35.4 Å². The lowest BCUT2D eigenvalue weighted by Gasteiger charge is -2.13. The molecule has 0 N–H and O–H groups in total. The Morgan fingerprint density at radius 3 is 2.12 bits per heavy atom. The highest BCUT2D eigenvalue weighted by Gasteiger charge is 2.36. The quantitative estimate of drug-likeness (QED) is 0.590. The van der Waals surface area contributed by atoms with Crippen LogP contribution in [-0.2, 0) is 11.0 Å². The maximum atomic E-state index is 12.6. The van der Waals surface area contributed by atoms with Gasteiger partial charge in [0.2, 0.25) is 0 Å². The monoisotopic (exact) mass is 245 g/mol. The number of carbonyl (C=O) groups is 2. The SMILES string of the molecule is CN(C)C(=O)C(=O)c1ccccc1C(F)(F)F. The Bertz CT molecular complexity index is 452. The van der Waals surface area contributed by atoms with Gasteiger partial charge in [0, 0.05) is 19.7 Å². The summed E-state index contributed by atoms with van der Waals surface area (Å²) in [6, 6.07) is 4.22. The van der Waals surface area contributed by atoms with Crippen LogP contribution in [0.1, 0.15) is 15.9 Å². The third kappa shape index (κ3) is 2.83. The molecule has 1 aromatic carbocycles. The second-order valence-electron chi connectivity index (χ2n) is 3.57. The van der Waals surface area contributed by atoms with Crippen molar-refractivity contribution >= 4 is 11.7 Å². The second-order valence-corrected chi connectivity index (χ2v) is 3.57. The molecule has 0 unspecified atom stereocenters. The number of hydrogen-bond donors (Lipinski definition) is 0. The van der Waals surface area contributed by atoms with Gasteiger partial charge in [-0.05, 0) is 6.07 Å². The van der Waals surface area contributed by atoms with E-state index in [0.717, 1.165) is 17.0 Å². The van der Waals surface area contributed by atoms with Gasteiger partial charge in [0.1, 0.15) is 0 Å². The van der Waals surface area contributed by atoms with Crippen molar-refractivity contribution in [2.75, 3.05) is 14.1 Å². The molecular weight excluding hydrogens is 235 g/mol. The van der Waals surface area contributed by atoms with E-state index < -0.39 is 29.0 Å². The Morgan fingerprint density at radius 2 is 1.65 bits per heavy atom. The lowest BCUT2D eigenvalue weighted by molar-refractivity contribution is -0.138. The van der Waals surface area contributed by atoms with Gasteiger partial charge in [0.05, 0.1) is 5.56 Å². The average molecular weight is 245 g/mol. The van der Waals surface area contributed by atoms with Crippen LogP contribution in [-0.4, -0.2) is 30.7 Å². The molecule has 0 spiro atoms. The van der Waals surface area contributed by atoms with E-state index in [4.69, 9.17) is 0 Å². The summed E-state index contributed by atoms with van der Waals surface area (Å²) in [6.45, 7) is 0. The van der Waals surface area contributed by atoms with E-state index in [1.165, 1.54) is 26.2 Å². The molecule has 0 aliphatic carbocycles. The van der Waals surface area contributed by atoms with Gasteiger partial charge in [-0.2, -0.15) is 13.2 Å². The van der Waals surface area contributed by atoms with Crippen molar-refractivity contribution in [1.29, 1.82) is 0 Å². The molecule has 0 atom stereocenters. The first-order chi connectivity index (χ1) is 7.75. The molecule has 3 nitrogen and oxygen atoms in total. The minimum Gasteiger partial charge on any atom is -0.342 e. The van der Waals surface area contributed by atoms with Crippen LogP contribution in [0.2, 0.25) is 0 Å². The third-order valence-corrected chi connectivity index (χ3v) is 2.08. The van der Waals surface area contributed by atoms with Gasteiger partial charge >= 0.3 is 6.18 Å². The van der Waals surface area contributed by atoms with Crippen molar-refractivity contribution in [2.24, 2.45) is 0 Å². The number of carbonyl (C=O) groups excluding carboxylic acids is 2. The standard InChI is InChI=1S/C11H10F3NO2/c1-15(2)10(17)9(16)7-5-3-4-6-8(7)11(12,13)14/h3-6H,1-2H3. The number of amides is 1. The molecule has 6 heteroatoms. The first-order valence-corrected chi connectivity index (χ1v) is 4.67. The molecule has 0 aliphatic rings. The smallest absolute Gasteiger partial charge is 0.342 e. The van der Waals surface area contributed by atoms with Crippen molar-refractivity contribution in [2.45, 2.75) is 6.18 Å². The summed E-state index contributed by atoms with van der Waals surface area (Å²) in [7, 11) is 2.60. The van der Waals surface area contributed by atoms with Gasteiger partial charge in [-0.25, -0.2) is 0 Å². The Balaban J connectivity index is 3.24. The maximum Gasteiger partial charge on any atom is 0.417 e. The molecule has 0 bridgehead atoms. The van der Waals surface area contributed by atoms with E-state index in [9.17, 15) is 22.8 Å². The summed E-state index contributed by atoms with van der Waals surface area (Å²) >= 11 is 0. The number of benzene rings is 1. The van der Waals surface area contributed by atoms with Crippen LogP contribution in [0.4, 0.5) is 13.2 Å². The van der Waals surface area contributed by atoms with E-state index >= 15 is 0 Å². The van der Waals surface area contributed by atoms with Crippen LogP contribution in [0.5, 0.6) is 0 Å². The number of alkyl halides is 3. The van der Waals surface area contributed by atoms with E-state index in [1.54, 1.807) is 0 Å². The van der Waals surface area contributed by atoms with Gasteiger partial charge in [0.15, 0.2) is 0 Å². The highest BCUT2D eigenvalue weighted by Crippen LogP contribution is 2.32. The summed E-state index contributed by atoms with van der Waals surface area (Å²) in [6.07, 6.45) is -4.65. The Hall–Kier alpha value is -1.85. The van der Waals surface area contributed by atoms with Crippen molar-refractivity contribution in [1.82, 2.24) is 4.90 Å². The van der Waals surface area contributed by atoms with Crippen molar-refractivity contribution in [3.63, 3.8) is 0 Å². The fourth-order valence-corrected chi connectivity index (χ4v) is 1.25. The molecular formula is C11H10F3NO2. The van der Waals surface area contributed by atoms with Crippen LogP contribution in [0, 0.1) is 0 Å². The minimum absolute atomic E-state index is 0.626. The van der Waals surface area contributed by atoms with Crippen molar-refractivity contribution in [3.8, 4) is 0 Å². The van der Waals surface area contributed by atoms with Crippen LogP contribution in [0.3, 0.4) is 0 Å². The molecule has 0 aromatic heterocycles. The van der Waals surface area contributed by atoms with Gasteiger partial charge in [0.25, 0.3) is 11.7 Å². The highest BCUT2D eigenvalue weighted by molar-refractivity contribution is 6.43. The summed E-state index contributed by atoms with van der Waals surface area (Å²) < 4.78 is 37.8. The third-order valence-electron chi connectivity index (χ3n) is 2.08. The molecule has 1 rings (SSSR count). The van der Waals surface area contributed by atoms with Gasteiger partial charge in [-0.15, -0.1) is 0 Å². The molecule has 0 saturated heterocycles. The lowest BCUT2D eigenvalue weighted by atomic mass is 10.0. The predicted molar refractivity (Wildman–Crippen MR) is 54.5 cm³/mol. The molecule has 0 fully saturated rings. The van der Waals surface area contributed by atoms with Crippen LogP contribution >= 0.6 is 0 Å². The number of hydrogen-bond acceptors (Lipinski definition) is 2. The van der Waals surface area contributed by atoms with Gasteiger partial charge < -0.3 is 4.90 Å². The minimum atomic E-state index is -4.65. The van der Waals surface area contributed by atoms with E-state index in [1.807, 2.05) is 0 Å². The molecule has 0 heterocycles. The van der Waals surface area contributed by atoms with Crippen LogP contribution in [0.25, 0.3) is 0 Å². The molecule has 17 heavy (non-hydrogen) atoms. The largest absolute Gasteiger partial charge is 0.417 e. The summed E-state index contributed by atoms with van der Waals surface area (Å²) in [5.74, 6) is -2.15. The number of likely N-dealkylation sites (N-methyl/N-ethyl adjacent to an activating group) is 1. The van der Waals surface area contributed by atoms with Crippen LogP contribution < -0.4 is 0 Å². The summed E-state index contributed by atoms with van der Waals surface area (Å²) in [5, 5.41) is 0. The molecule has 1 aromatic rings. The van der Waals surface area contributed by atoms with E-state index in [2.05, 4.69) is 0 Å². The summed E-state index contributed by atoms with van der Waals surface area (Å²) in [5.41, 5.74) is -1.72. The number of rotatable bonds is 2. The zero-order chi connectivity index (χ0) is 13.2. The molecule has 0 saturated carbocycles. The number of nitrogens with zero attached hydrogens (tertiary/aromatic N) is 1. The Morgan fingerprint density at radius 1 is 1.12 bits per heavy atom. The van der Waals surface area contributed by atoms with Crippen molar-refractivity contribution < 1.29 is 22.8 Å². The lowest BCUT2D eigenvalue weighted by Crippen LogP contribution is -2.31. The number of Topliss-reactive ketones (excluding diaryl/α,β-unsaturated/α-hetero) is 1. The molecule has 0 aliphatic heterocycles. The molecule has 1 amide bonds. The number of halogens is 3. The maximum absolute atomic E-state index is 12.6. The predicted octanol–water partition coefficient (Wildman–Crippen LogP) is 1.98. The van der Waals surface area contributed by atoms with E-state index in [0.29, 0.717) is 0 Å². The molecule has 92 valence electrons. The average Bonchev–Trinajstić information content (AvgIpc) is 2.25. The van der Waals surface area contributed by atoms with Gasteiger partial charge in [-0.3, -0.25) is 9.59 Å². The fourth-order valence-electron chi connectivity index (χ4n) is 1.25. The normalized spacial score (nSPS) is 11.1. The zero-order valence-electron chi connectivity index (χ0n) is 9.21. The first-order valence-electron chi connectivity index (χ1n) is 4.67. The molecule has 0 radical (unpaired) electrons. The van der Waals surface area contributed by atoms with Crippen LogP contribution in [0.15, 0.2) is 24.3 Å². The second kappa shape index (κ2) is 4.57. The number of ketones is 1. The summed E-state index contributed by atoms with van der Waals surface area (Å²) in [4.78, 5) is 23.8. The topological polar surface area (TPSA) is 37.4 Å². The van der Waals surface area contributed by atoms with Gasteiger partial charge in [-0.1, -0.05) is 18.2 Å².